The topological polar surface area (TPSA) is 38.8 Å². The second kappa shape index (κ2) is 5.57. The van der Waals surface area contributed by atoms with Crippen molar-refractivity contribution in [2.24, 2.45) is 11.8 Å². The summed E-state index contributed by atoms with van der Waals surface area (Å²) in [6.07, 6.45) is 6.73. The maximum Gasteiger partial charge on any atom is 0.225 e. The Morgan fingerprint density at radius 3 is 2.17 bits per heavy atom. The highest BCUT2D eigenvalue weighted by molar-refractivity contribution is 5.79. The summed E-state index contributed by atoms with van der Waals surface area (Å²) in [5.74, 6) is 1.21. The van der Waals surface area contributed by atoms with Crippen LogP contribution in [0.15, 0.2) is 0 Å². The van der Waals surface area contributed by atoms with Crippen molar-refractivity contribution in [1.29, 1.82) is 0 Å². The second-order valence-electron chi connectivity index (χ2n) is 5.75. The Hall–Kier alpha value is -0.610. The summed E-state index contributed by atoms with van der Waals surface area (Å²) in [6, 6.07) is 0. The van der Waals surface area contributed by atoms with E-state index in [2.05, 4.69) is 4.90 Å². The molecule has 2 saturated heterocycles. The summed E-state index contributed by atoms with van der Waals surface area (Å²) in [6.45, 7) is 3.24. The van der Waals surface area contributed by atoms with E-state index >= 15 is 0 Å². The minimum absolute atomic E-state index is 0.00580. The molecular weight excluding hydrogens is 230 g/mol. The summed E-state index contributed by atoms with van der Waals surface area (Å²) in [4.78, 5) is 14.4. The molecule has 1 saturated carbocycles. The van der Waals surface area contributed by atoms with E-state index in [0.717, 1.165) is 52.0 Å². The maximum absolute atomic E-state index is 12.3. The lowest BCUT2D eigenvalue weighted by molar-refractivity contribution is -0.140. The first kappa shape index (κ1) is 12.4. The lowest BCUT2D eigenvalue weighted by Gasteiger charge is -2.35. The molecule has 18 heavy (non-hydrogen) atoms. The van der Waals surface area contributed by atoms with Gasteiger partial charge in [0.15, 0.2) is 6.29 Å². The van der Waals surface area contributed by atoms with Gasteiger partial charge in [-0.15, -0.1) is 0 Å². The third kappa shape index (κ3) is 2.54. The fourth-order valence-corrected chi connectivity index (χ4v) is 3.47. The first-order valence-electron chi connectivity index (χ1n) is 7.36. The van der Waals surface area contributed by atoms with Gasteiger partial charge in [0.2, 0.25) is 5.91 Å². The van der Waals surface area contributed by atoms with Gasteiger partial charge < -0.3 is 14.4 Å². The highest BCUT2D eigenvalue weighted by Gasteiger charge is 2.34. The number of ether oxygens (including phenoxy) is 2. The molecule has 1 amide bonds. The normalized spacial score (nSPS) is 28.1. The van der Waals surface area contributed by atoms with E-state index in [1.807, 2.05) is 0 Å². The minimum atomic E-state index is -0.00580. The van der Waals surface area contributed by atoms with E-state index in [4.69, 9.17) is 9.47 Å². The van der Waals surface area contributed by atoms with Gasteiger partial charge in [-0.05, 0) is 25.7 Å². The molecule has 3 aliphatic rings. The quantitative estimate of drug-likeness (QED) is 0.753. The van der Waals surface area contributed by atoms with E-state index in [1.165, 1.54) is 12.8 Å². The molecule has 2 heterocycles. The Labute approximate surface area is 109 Å². The molecule has 0 bridgehead atoms. The standard InChI is InChI=1S/C14H23NO3/c16-13(11-3-1-2-4-11)15-7-5-12(6-8-15)14-17-9-10-18-14/h11-12,14H,1-10H2. The number of carbonyl (C=O) groups excluding carboxylic acids is 1. The number of likely N-dealkylation sites (tertiary alicyclic amines) is 1. The molecule has 1 aliphatic carbocycles. The van der Waals surface area contributed by atoms with E-state index in [1.54, 1.807) is 0 Å². The fraction of sp³-hybridized carbons (Fsp3) is 0.929. The molecule has 0 unspecified atom stereocenters. The van der Waals surface area contributed by atoms with Crippen LogP contribution < -0.4 is 0 Å². The Kier molecular flexibility index (Phi) is 3.85. The Morgan fingerprint density at radius 2 is 1.56 bits per heavy atom. The van der Waals surface area contributed by atoms with E-state index in [9.17, 15) is 4.79 Å². The van der Waals surface area contributed by atoms with Gasteiger partial charge in [-0.2, -0.15) is 0 Å². The van der Waals surface area contributed by atoms with Crippen LogP contribution >= 0.6 is 0 Å². The third-order valence-electron chi connectivity index (χ3n) is 4.59. The van der Waals surface area contributed by atoms with Crippen molar-refractivity contribution in [3.8, 4) is 0 Å². The van der Waals surface area contributed by atoms with Crippen LogP contribution in [-0.2, 0) is 14.3 Å². The molecule has 0 spiro atoms. The summed E-state index contributed by atoms with van der Waals surface area (Å²) < 4.78 is 11.1. The second-order valence-corrected chi connectivity index (χ2v) is 5.75. The van der Waals surface area contributed by atoms with E-state index < -0.39 is 0 Å². The highest BCUT2D eigenvalue weighted by Crippen LogP contribution is 2.30. The lowest BCUT2D eigenvalue weighted by Crippen LogP contribution is -2.43. The van der Waals surface area contributed by atoms with Crippen LogP contribution in [-0.4, -0.2) is 43.4 Å². The minimum Gasteiger partial charge on any atom is -0.350 e. The van der Waals surface area contributed by atoms with Crippen molar-refractivity contribution in [3.05, 3.63) is 0 Å². The maximum atomic E-state index is 12.3. The molecule has 0 N–H and O–H groups in total. The monoisotopic (exact) mass is 253 g/mol. The third-order valence-corrected chi connectivity index (χ3v) is 4.59. The first-order chi connectivity index (χ1) is 8.84. The molecule has 2 aliphatic heterocycles. The van der Waals surface area contributed by atoms with Gasteiger partial charge in [0, 0.05) is 24.9 Å². The zero-order valence-corrected chi connectivity index (χ0v) is 11.0. The van der Waals surface area contributed by atoms with Crippen LogP contribution in [0.4, 0.5) is 0 Å². The van der Waals surface area contributed by atoms with Gasteiger partial charge in [-0.25, -0.2) is 0 Å². The Bertz CT molecular complexity index is 287. The van der Waals surface area contributed by atoms with Crippen LogP contribution in [0.1, 0.15) is 38.5 Å². The molecule has 4 nitrogen and oxygen atoms in total. The predicted molar refractivity (Wildman–Crippen MR) is 67.0 cm³/mol. The zero-order valence-electron chi connectivity index (χ0n) is 11.0. The number of hydrogen-bond donors (Lipinski definition) is 0. The molecule has 0 atom stereocenters. The zero-order chi connectivity index (χ0) is 12.4. The fourth-order valence-electron chi connectivity index (χ4n) is 3.47. The Morgan fingerprint density at radius 1 is 0.944 bits per heavy atom. The van der Waals surface area contributed by atoms with Crippen molar-refractivity contribution < 1.29 is 14.3 Å². The van der Waals surface area contributed by atoms with Crippen LogP contribution in [0, 0.1) is 11.8 Å². The molecule has 102 valence electrons. The van der Waals surface area contributed by atoms with Gasteiger partial charge in [-0.3, -0.25) is 4.79 Å². The molecule has 3 fully saturated rings. The molecule has 3 rings (SSSR count). The number of rotatable bonds is 2. The van der Waals surface area contributed by atoms with E-state index in [0.29, 0.717) is 17.7 Å². The summed E-state index contributed by atoms with van der Waals surface area (Å²) in [5, 5.41) is 0. The SMILES string of the molecule is O=C(C1CCCC1)N1CCC(C2OCCO2)CC1. The van der Waals surface area contributed by atoms with Crippen LogP contribution in [0.25, 0.3) is 0 Å². The van der Waals surface area contributed by atoms with Crippen LogP contribution in [0.3, 0.4) is 0 Å². The average Bonchev–Trinajstić information content (AvgIpc) is 3.11. The molecule has 0 aromatic rings. The summed E-state index contributed by atoms with van der Waals surface area (Å²) >= 11 is 0. The number of nitrogens with zero attached hydrogens (tertiary/aromatic N) is 1. The number of carbonyl (C=O) groups is 1. The first-order valence-corrected chi connectivity index (χ1v) is 7.36. The Balaban J connectivity index is 1.48. The van der Waals surface area contributed by atoms with Crippen molar-refractivity contribution in [3.63, 3.8) is 0 Å². The lowest BCUT2D eigenvalue weighted by atomic mass is 9.95. The van der Waals surface area contributed by atoms with Crippen molar-refractivity contribution in [2.45, 2.75) is 44.8 Å². The molecule has 0 aromatic carbocycles. The number of piperidine rings is 1. The molecular formula is C14H23NO3. The highest BCUT2D eigenvalue weighted by atomic mass is 16.7. The van der Waals surface area contributed by atoms with Crippen LogP contribution in [0.5, 0.6) is 0 Å². The van der Waals surface area contributed by atoms with Gasteiger partial charge in [0.05, 0.1) is 13.2 Å². The summed E-state index contributed by atoms with van der Waals surface area (Å²) in [7, 11) is 0. The van der Waals surface area contributed by atoms with Gasteiger partial charge >= 0.3 is 0 Å². The largest absolute Gasteiger partial charge is 0.350 e. The van der Waals surface area contributed by atoms with Crippen molar-refractivity contribution in [1.82, 2.24) is 4.90 Å². The average molecular weight is 253 g/mol. The predicted octanol–water partition coefficient (Wildman–Crippen LogP) is 1.79. The van der Waals surface area contributed by atoms with E-state index in [-0.39, 0.29) is 6.29 Å². The van der Waals surface area contributed by atoms with Crippen LogP contribution in [0.2, 0.25) is 0 Å². The van der Waals surface area contributed by atoms with Crippen molar-refractivity contribution in [2.75, 3.05) is 26.3 Å². The summed E-state index contributed by atoms with van der Waals surface area (Å²) in [5.41, 5.74) is 0. The van der Waals surface area contributed by atoms with Gasteiger partial charge in [0.1, 0.15) is 0 Å². The molecule has 4 heteroatoms. The number of hydrogen-bond acceptors (Lipinski definition) is 3. The molecule has 0 aromatic heterocycles. The van der Waals surface area contributed by atoms with Gasteiger partial charge in [0.25, 0.3) is 0 Å². The van der Waals surface area contributed by atoms with Gasteiger partial charge in [-0.1, -0.05) is 12.8 Å². The smallest absolute Gasteiger partial charge is 0.225 e. The number of amides is 1. The van der Waals surface area contributed by atoms with Crippen molar-refractivity contribution >= 4 is 5.91 Å². The molecule has 0 radical (unpaired) electrons.